The highest BCUT2D eigenvalue weighted by Crippen LogP contribution is 2.33. The van der Waals surface area contributed by atoms with Gasteiger partial charge in [-0.2, -0.15) is 0 Å². The number of piperazine rings is 1. The Morgan fingerprint density at radius 1 is 1.00 bits per heavy atom. The summed E-state index contributed by atoms with van der Waals surface area (Å²) in [5.41, 5.74) is 1.65. The molecule has 0 aliphatic carbocycles. The third-order valence-corrected chi connectivity index (χ3v) is 5.07. The molecule has 0 unspecified atom stereocenters. The average molecular weight is 414 g/mol. The second kappa shape index (κ2) is 9.02. The lowest BCUT2D eigenvalue weighted by Crippen LogP contribution is -2.48. The van der Waals surface area contributed by atoms with Crippen LogP contribution in [-0.4, -0.2) is 53.4 Å². The average Bonchev–Trinajstić information content (AvgIpc) is 2.61. The van der Waals surface area contributed by atoms with E-state index in [9.17, 15) is 4.79 Å². The van der Waals surface area contributed by atoms with Crippen LogP contribution in [-0.2, 0) is 11.3 Å². The molecule has 0 atom stereocenters. The maximum Gasteiger partial charge on any atom is 0.238 e. The topological polar surface area (TPSA) is 48.5 Å². The molecule has 1 N–H and O–H groups in total. The lowest BCUT2D eigenvalue weighted by Gasteiger charge is -2.34. The molecule has 8 heteroatoms. The molecule has 1 fully saturated rings. The summed E-state index contributed by atoms with van der Waals surface area (Å²) in [5, 5.41) is 3.88. The van der Waals surface area contributed by atoms with Gasteiger partial charge in [-0.3, -0.25) is 19.6 Å². The number of amides is 1. The molecule has 1 aliphatic rings. The zero-order valence-corrected chi connectivity index (χ0v) is 16.4. The Balaban J connectivity index is 1.48. The van der Waals surface area contributed by atoms with E-state index in [2.05, 4.69) is 20.1 Å². The Morgan fingerprint density at radius 2 is 1.58 bits per heavy atom. The lowest BCUT2D eigenvalue weighted by molar-refractivity contribution is -0.117. The second-order valence-corrected chi connectivity index (χ2v) is 7.45. The fourth-order valence-electron chi connectivity index (χ4n) is 2.90. The van der Waals surface area contributed by atoms with E-state index in [0.717, 1.165) is 32.7 Å². The molecule has 1 amide bonds. The first-order chi connectivity index (χ1) is 12.5. The number of carbonyl (C=O) groups is 1. The fourth-order valence-corrected chi connectivity index (χ4v) is 3.81. The monoisotopic (exact) mass is 412 g/mol. The molecule has 0 spiro atoms. The first-order valence-electron chi connectivity index (χ1n) is 8.29. The number of benzene rings is 1. The van der Waals surface area contributed by atoms with Gasteiger partial charge in [0.2, 0.25) is 5.91 Å². The van der Waals surface area contributed by atoms with Crippen LogP contribution in [0.3, 0.4) is 0 Å². The van der Waals surface area contributed by atoms with E-state index in [1.54, 1.807) is 12.1 Å². The molecule has 0 bridgehead atoms. The summed E-state index contributed by atoms with van der Waals surface area (Å²) in [6.45, 7) is 4.70. The minimum Gasteiger partial charge on any atom is -0.322 e. The normalized spacial score (nSPS) is 15.8. The molecule has 2 aromatic rings. The number of aromatic nitrogens is 1. The largest absolute Gasteiger partial charge is 0.322 e. The number of hydrogen-bond acceptors (Lipinski definition) is 4. The number of carbonyl (C=O) groups excluding carboxylic acids is 1. The number of rotatable bonds is 5. The Morgan fingerprint density at radius 3 is 2.19 bits per heavy atom. The van der Waals surface area contributed by atoms with Crippen molar-refractivity contribution in [3.63, 3.8) is 0 Å². The molecule has 3 rings (SSSR count). The van der Waals surface area contributed by atoms with Crippen LogP contribution < -0.4 is 5.32 Å². The smallest absolute Gasteiger partial charge is 0.238 e. The van der Waals surface area contributed by atoms with Crippen molar-refractivity contribution in [2.75, 3.05) is 38.0 Å². The van der Waals surface area contributed by atoms with E-state index in [-0.39, 0.29) is 5.91 Å². The van der Waals surface area contributed by atoms with Gasteiger partial charge >= 0.3 is 0 Å². The Kier molecular flexibility index (Phi) is 6.73. The first kappa shape index (κ1) is 19.4. The van der Waals surface area contributed by atoms with Gasteiger partial charge in [0.05, 0.1) is 22.3 Å². The summed E-state index contributed by atoms with van der Waals surface area (Å²) >= 11 is 18.1. The number of hydrogen-bond donors (Lipinski definition) is 1. The third kappa shape index (κ3) is 5.32. The van der Waals surface area contributed by atoms with Crippen molar-refractivity contribution in [3.05, 3.63) is 57.3 Å². The SMILES string of the molecule is O=C(CN1CCN(Cc2ccncc2)CC1)Nc1c(Cl)cc(Cl)cc1Cl. The molecule has 2 heterocycles. The zero-order chi connectivity index (χ0) is 18.5. The molecule has 5 nitrogen and oxygen atoms in total. The molecule has 1 aliphatic heterocycles. The molecular weight excluding hydrogens is 395 g/mol. The van der Waals surface area contributed by atoms with E-state index in [1.807, 2.05) is 24.5 Å². The molecule has 0 saturated carbocycles. The van der Waals surface area contributed by atoms with Gasteiger partial charge in [0.15, 0.2) is 0 Å². The van der Waals surface area contributed by atoms with Gasteiger partial charge in [-0.25, -0.2) is 0 Å². The summed E-state index contributed by atoms with van der Waals surface area (Å²) in [4.78, 5) is 20.8. The number of halogens is 3. The van der Waals surface area contributed by atoms with Crippen LogP contribution in [0.15, 0.2) is 36.7 Å². The van der Waals surface area contributed by atoms with Gasteiger partial charge in [-0.15, -0.1) is 0 Å². The van der Waals surface area contributed by atoms with Gasteiger partial charge in [0.1, 0.15) is 0 Å². The van der Waals surface area contributed by atoms with E-state index >= 15 is 0 Å². The molecule has 138 valence electrons. The van der Waals surface area contributed by atoms with Crippen molar-refractivity contribution in [2.24, 2.45) is 0 Å². The Bertz CT molecular complexity index is 741. The molecular formula is C18H19Cl3N4O. The summed E-state index contributed by atoms with van der Waals surface area (Å²) in [5.74, 6) is -0.140. The molecule has 26 heavy (non-hydrogen) atoms. The highest BCUT2D eigenvalue weighted by molar-refractivity contribution is 6.42. The highest BCUT2D eigenvalue weighted by Gasteiger charge is 2.20. The summed E-state index contributed by atoms with van der Waals surface area (Å²) in [7, 11) is 0. The molecule has 1 aromatic heterocycles. The minimum absolute atomic E-state index is 0.140. The van der Waals surface area contributed by atoms with Crippen molar-refractivity contribution < 1.29 is 4.79 Å². The standard InChI is InChI=1S/C18H19Cl3N4O/c19-14-9-15(20)18(16(21)10-14)23-17(26)12-25-7-5-24(6-8-25)11-13-1-3-22-4-2-13/h1-4,9-10H,5-8,11-12H2,(H,23,26). The van der Waals surface area contributed by atoms with Gasteiger partial charge < -0.3 is 5.32 Å². The van der Waals surface area contributed by atoms with E-state index in [4.69, 9.17) is 34.8 Å². The van der Waals surface area contributed by atoms with E-state index < -0.39 is 0 Å². The summed E-state index contributed by atoms with van der Waals surface area (Å²) in [6, 6.07) is 7.17. The van der Waals surface area contributed by atoms with Gasteiger partial charge in [-0.05, 0) is 29.8 Å². The Hall–Kier alpha value is -1.37. The predicted octanol–water partition coefficient (Wildman–Crippen LogP) is 3.80. The number of pyridine rings is 1. The van der Waals surface area contributed by atoms with Gasteiger partial charge in [0.25, 0.3) is 0 Å². The van der Waals surface area contributed by atoms with Gasteiger partial charge in [0, 0.05) is 50.1 Å². The zero-order valence-electron chi connectivity index (χ0n) is 14.1. The predicted molar refractivity (Wildman–Crippen MR) is 106 cm³/mol. The fraction of sp³-hybridized carbons (Fsp3) is 0.333. The molecule has 1 aromatic carbocycles. The van der Waals surface area contributed by atoms with Crippen LogP contribution in [0.4, 0.5) is 5.69 Å². The lowest BCUT2D eigenvalue weighted by atomic mass is 10.2. The van der Waals surface area contributed by atoms with Crippen molar-refractivity contribution in [3.8, 4) is 0 Å². The first-order valence-corrected chi connectivity index (χ1v) is 9.42. The quantitative estimate of drug-likeness (QED) is 0.810. The number of anilines is 1. The van der Waals surface area contributed by atoms with E-state index in [0.29, 0.717) is 27.3 Å². The van der Waals surface area contributed by atoms with Crippen LogP contribution in [0.5, 0.6) is 0 Å². The summed E-state index contributed by atoms with van der Waals surface area (Å²) < 4.78 is 0. The van der Waals surface area contributed by atoms with Crippen LogP contribution >= 0.6 is 34.8 Å². The van der Waals surface area contributed by atoms with Gasteiger partial charge in [-0.1, -0.05) is 34.8 Å². The summed E-state index contributed by atoms with van der Waals surface area (Å²) in [6.07, 6.45) is 3.62. The number of nitrogens with zero attached hydrogens (tertiary/aromatic N) is 3. The molecule has 0 radical (unpaired) electrons. The van der Waals surface area contributed by atoms with Crippen LogP contribution in [0.25, 0.3) is 0 Å². The third-order valence-electron chi connectivity index (χ3n) is 4.26. The van der Waals surface area contributed by atoms with Crippen LogP contribution in [0.2, 0.25) is 15.1 Å². The van der Waals surface area contributed by atoms with Crippen molar-refractivity contribution in [1.82, 2.24) is 14.8 Å². The van der Waals surface area contributed by atoms with Crippen LogP contribution in [0.1, 0.15) is 5.56 Å². The highest BCUT2D eigenvalue weighted by atomic mass is 35.5. The number of nitrogens with one attached hydrogen (secondary N) is 1. The maximum absolute atomic E-state index is 12.3. The van der Waals surface area contributed by atoms with Crippen molar-refractivity contribution in [1.29, 1.82) is 0 Å². The van der Waals surface area contributed by atoms with Crippen LogP contribution in [0, 0.1) is 0 Å². The molecule has 1 saturated heterocycles. The van der Waals surface area contributed by atoms with E-state index in [1.165, 1.54) is 5.56 Å². The Labute approximate surface area is 167 Å². The van der Waals surface area contributed by atoms with Crippen molar-refractivity contribution in [2.45, 2.75) is 6.54 Å². The maximum atomic E-state index is 12.3. The second-order valence-electron chi connectivity index (χ2n) is 6.20. The minimum atomic E-state index is -0.140. The van der Waals surface area contributed by atoms with Crippen molar-refractivity contribution >= 4 is 46.4 Å².